The molecule has 6 nitrogen and oxygen atoms in total. The number of carbonyl (C=O) groups is 1. The van der Waals surface area contributed by atoms with Gasteiger partial charge in [-0.1, -0.05) is 18.7 Å². The van der Waals surface area contributed by atoms with Crippen molar-refractivity contribution < 1.29 is 9.53 Å². The van der Waals surface area contributed by atoms with Crippen LogP contribution in [0.4, 0.5) is 0 Å². The Morgan fingerprint density at radius 3 is 2.67 bits per heavy atom. The highest BCUT2D eigenvalue weighted by molar-refractivity contribution is 7.99. The topological polar surface area (TPSA) is 60.3 Å². The van der Waals surface area contributed by atoms with Gasteiger partial charge in [-0.15, -0.1) is 10.2 Å². The maximum Gasteiger partial charge on any atom is 0.233 e. The van der Waals surface area contributed by atoms with E-state index in [0.29, 0.717) is 11.7 Å². The average Bonchev–Trinajstić information content (AvgIpc) is 3.10. The number of piperidine rings is 1. The molecule has 0 saturated carbocycles. The highest BCUT2D eigenvalue weighted by atomic mass is 32.2. The predicted molar refractivity (Wildman–Crippen MR) is 108 cm³/mol. The smallest absolute Gasteiger partial charge is 0.233 e. The number of rotatable bonds is 6. The molecule has 1 aliphatic heterocycles. The zero-order valence-electron chi connectivity index (χ0n) is 16.5. The van der Waals surface area contributed by atoms with Gasteiger partial charge in [-0.05, 0) is 56.9 Å². The molecule has 1 atom stereocenters. The molecule has 0 spiro atoms. The van der Waals surface area contributed by atoms with E-state index in [0.717, 1.165) is 41.8 Å². The minimum atomic E-state index is 0.191. The van der Waals surface area contributed by atoms with Crippen molar-refractivity contribution in [1.29, 1.82) is 0 Å². The first kappa shape index (κ1) is 19.7. The van der Waals surface area contributed by atoms with Gasteiger partial charge in [0.15, 0.2) is 11.0 Å². The van der Waals surface area contributed by atoms with Gasteiger partial charge in [0.25, 0.3) is 0 Å². The summed E-state index contributed by atoms with van der Waals surface area (Å²) in [6.45, 7) is 8.16. The van der Waals surface area contributed by atoms with Gasteiger partial charge >= 0.3 is 0 Å². The summed E-state index contributed by atoms with van der Waals surface area (Å²) in [6, 6.07) is 8.00. The van der Waals surface area contributed by atoms with E-state index < -0.39 is 0 Å². The number of nitrogens with zero attached hydrogens (tertiary/aromatic N) is 4. The zero-order valence-corrected chi connectivity index (χ0v) is 17.3. The first-order valence-electron chi connectivity index (χ1n) is 9.49. The van der Waals surface area contributed by atoms with Gasteiger partial charge in [0, 0.05) is 24.7 Å². The number of methoxy groups -OCH3 is 1. The Bertz CT molecular complexity index is 773. The largest absolute Gasteiger partial charge is 0.497 e. The Morgan fingerprint density at radius 2 is 2.04 bits per heavy atom. The summed E-state index contributed by atoms with van der Waals surface area (Å²) < 4.78 is 7.32. The minimum absolute atomic E-state index is 0.191. The molecule has 1 saturated heterocycles. The van der Waals surface area contributed by atoms with Crippen LogP contribution in [0.15, 0.2) is 29.4 Å². The average molecular weight is 389 g/mol. The van der Waals surface area contributed by atoms with Gasteiger partial charge in [0.2, 0.25) is 5.91 Å². The first-order chi connectivity index (χ1) is 13.0. The number of hydrogen-bond donors (Lipinski definition) is 0. The molecule has 7 heteroatoms. The molecule has 1 amide bonds. The number of hydrogen-bond acceptors (Lipinski definition) is 5. The second kappa shape index (κ2) is 8.78. The van der Waals surface area contributed by atoms with Gasteiger partial charge in [0.05, 0.1) is 12.9 Å². The Hall–Kier alpha value is -2.02. The third-order valence-electron chi connectivity index (χ3n) is 4.86. The minimum Gasteiger partial charge on any atom is -0.497 e. The number of likely N-dealkylation sites (tertiary alicyclic amines) is 1. The molecule has 1 aromatic heterocycles. The number of carbonyl (C=O) groups excluding carboxylic acids is 1. The van der Waals surface area contributed by atoms with Crippen LogP contribution in [0.5, 0.6) is 5.75 Å². The molecule has 0 N–H and O–H groups in total. The van der Waals surface area contributed by atoms with Crippen molar-refractivity contribution in [3.63, 3.8) is 0 Å². The number of aromatic nitrogens is 3. The molecule has 2 aromatic rings. The molecule has 1 aromatic carbocycles. The van der Waals surface area contributed by atoms with Crippen molar-refractivity contribution in [2.75, 3.05) is 26.0 Å². The fourth-order valence-electron chi connectivity index (χ4n) is 3.41. The summed E-state index contributed by atoms with van der Waals surface area (Å²) in [7, 11) is 1.65. The monoisotopic (exact) mass is 388 g/mol. The van der Waals surface area contributed by atoms with Crippen molar-refractivity contribution in [2.45, 2.75) is 44.8 Å². The summed E-state index contributed by atoms with van der Waals surface area (Å²) >= 11 is 1.47. The molecule has 0 radical (unpaired) electrons. The lowest BCUT2D eigenvalue weighted by atomic mass is 10.0. The summed E-state index contributed by atoms with van der Waals surface area (Å²) in [5, 5.41) is 9.54. The van der Waals surface area contributed by atoms with Crippen molar-refractivity contribution in [3.05, 3.63) is 24.3 Å². The maximum absolute atomic E-state index is 12.6. The standard InChI is InChI=1S/C20H28N4O2S/c1-14(2)24-19(16-7-9-17(26-4)10-8-16)21-22-20(24)27-13-18(25)23-11-5-6-15(3)12-23/h7-10,14-15H,5-6,11-13H2,1-4H3/t15-/m0/s1. The quantitative estimate of drug-likeness (QED) is 0.703. The summed E-state index contributed by atoms with van der Waals surface area (Å²) in [5.74, 6) is 2.81. The van der Waals surface area contributed by atoms with E-state index in [4.69, 9.17) is 4.74 Å². The van der Waals surface area contributed by atoms with Crippen LogP contribution in [-0.2, 0) is 4.79 Å². The molecule has 2 heterocycles. The van der Waals surface area contributed by atoms with Gasteiger partial charge in [-0.3, -0.25) is 9.36 Å². The second-order valence-electron chi connectivity index (χ2n) is 7.37. The highest BCUT2D eigenvalue weighted by Crippen LogP contribution is 2.29. The van der Waals surface area contributed by atoms with Crippen LogP contribution in [0, 0.1) is 5.92 Å². The molecule has 27 heavy (non-hydrogen) atoms. The molecule has 1 aliphatic rings. The van der Waals surface area contributed by atoms with E-state index in [9.17, 15) is 4.79 Å². The Balaban J connectivity index is 1.73. The van der Waals surface area contributed by atoms with Crippen LogP contribution in [0.2, 0.25) is 0 Å². The van der Waals surface area contributed by atoms with Crippen molar-refractivity contribution in [1.82, 2.24) is 19.7 Å². The van der Waals surface area contributed by atoms with E-state index >= 15 is 0 Å². The van der Waals surface area contributed by atoms with E-state index in [-0.39, 0.29) is 11.9 Å². The van der Waals surface area contributed by atoms with Crippen LogP contribution >= 0.6 is 11.8 Å². The van der Waals surface area contributed by atoms with Crippen LogP contribution < -0.4 is 4.74 Å². The normalized spacial score (nSPS) is 17.4. The predicted octanol–water partition coefficient (Wildman–Crippen LogP) is 3.89. The van der Waals surface area contributed by atoms with E-state index in [1.54, 1.807) is 7.11 Å². The van der Waals surface area contributed by atoms with Crippen LogP contribution in [0.25, 0.3) is 11.4 Å². The van der Waals surface area contributed by atoms with Gasteiger partial charge in [-0.25, -0.2) is 0 Å². The number of benzene rings is 1. The summed E-state index contributed by atoms with van der Waals surface area (Å²) in [6.07, 6.45) is 2.31. The van der Waals surface area contributed by atoms with E-state index in [1.165, 1.54) is 18.2 Å². The SMILES string of the molecule is COc1ccc(-c2nnc(SCC(=O)N3CCC[C@H](C)C3)n2C(C)C)cc1. The first-order valence-corrected chi connectivity index (χ1v) is 10.5. The van der Waals surface area contributed by atoms with Crippen LogP contribution in [-0.4, -0.2) is 51.5 Å². The maximum atomic E-state index is 12.6. The fourth-order valence-corrected chi connectivity index (χ4v) is 4.38. The Kier molecular flexibility index (Phi) is 6.42. The van der Waals surface area contributed by atoms with E-state index in [2.05, 4.69) is 35.5 Å². The lowest BCUT2D eigenvalue weighted by Gasteiger charge is -2.30. The van der Waals surface area contributed by atoms with Gasteiger partial charge in [0.1, 0.15) is 5.75 Å². The number of thioether (sulfide) groups is 1. The van der Waals surface area contributed by atoms with Crippen molar-refractivity contribution in [2.24, 2.45) is 5.92 Å². The van der Waals surface area contributed by atoms with Gasteiger partial charge < -0.3 is 9.64 Å². The molecule has 0 aliphatic carbocycles. The summed E-state index contributed by atoms with van der Waals surface area (Å²) in [4.78, 5) is 14.6. The fraction of sp³-hybridized carbons (Fsp3) is 0.550. The van der Waals surface area contributed by atoms with Gasteiger partial charge in [-0.2, -0.15) is 0 Å². The van der Waals surface area contributed by atoms with E-state index in [1.807, 2.05) is 29.2 Å². The molecule has 3 rings (SSSR count). The lowest BCUT2D eigenvalue weighted by Crippen LogP contribution is -2.40. The lowest BCUT2D eigenvalue weighted by molar-refractivity contribution is -0.130. The molecule has 0 unspecified atom stereocenters. The molecular weight excluding hydrogens is 360 g/mol. The molecule has 1 fully saturated rings. The van der Waals surface area contributed by atoms with Crippen molar-refractivity contribution >= 4 is 17.7 Å². The Labute approximate surface area is 165 Å². The second-order valence-corrected chi connectivity index (χ2v) is 8.32. The number of ether oxygens (including phenoxy) is 1. The number of amides is 1. The van der Waals surface area contributed by atoms with Crippen molar-refractivity contribution in [3.8, 4) is 17.1 Å². The third-order valence-corrected chi connectivity index (χ3v) is 5.79. The Morgan fingerprint density at radius 1 is 1.30 bits per heavy atom. The van der Waals surface area contributed by atoms with Crippen LogP contribution in [0.1, 0.15) is 39.7 Å². The van der Waals surface area contributed by atoms with Crippen LogP contribution in [0.3, 0.4) is 0 Å². The molecule has 146 valence electrons. The third kappa shape index (κ3) is 4.64. The zero-order chi connectivity index (χ0) is 19.4. The summed E-state index contributed by atoms with van der Waals surface area (Å²) in [5.41, 5.74) is 0.986. The molecule has 0 bridgehead atoms. The molecular formula is C20H28N4O2S. The highest BCUT2D eigenvalue weighted by Gasteiger charge is 2.23.